The molecule has 0 aromatic heterocycles. The third kappa shape index (κ3) is 4.37. The maximum atomic E-state index is 12.0. The highest BCUT2D eigenvalue weighted by Gasteiger charge is 2.30. The van der Waals surface area contributed by atoms with E-state index < -0.39 is 16.0 Å². The molecular weight excluding hydrogens is 294 g/mol. The third-order valence-corrected chi connectivity index (χ3v) is 4.73. The molecule has 0 aliphatic heterocycles. The molecule has 0 saturated heterocycles. The molecule has 114 valence electrons. The van der Waals surface area contributed by atoms with Crippen molar-refractivity contribution in [1.29, 1.82) is 0 Å². The van der Waals surface area contributed by atoms with E-state index in [0.717, 1.165) is 12.8 Å². The second-order valence-electron chi connectivity index (χ2n) is 5.06. The number of sulfonamides is 1. The Morgan fingerprint density at radius 2 is 1.81 bits per heavy atom. The number of carboxylic acids is 1. The maximum absolute atomic E-state index is 12.0. The van der Waals surface area contributed by atoms with Crippen molar-refractivity contribution in [3.8, 4) is 0 Å². The molecule has 0 bridgehead atoms. The third-order valence-electron chi connectivity index (χ3n) is 3.26. The Bertz CT molecular complexity index is 632. The fourth-order valence-electron chi connectivity index (χ4n) is 1.91. The average molecular weight is 311 g/mol. The number of carboxylic acid groups (broad SMARTS) is 1. The second kappa shape index (κ2) is 6.36. The first-order valence-corrected chi connectivity index (χ1v) is 8.24. The van der Waals surface area contributed by atoms with Crippen molar-refractivity contribution >= 4 is 21.8 Å². The van der Waals surface area contributed by atoms with Crippen molar-refractivity contribution in [3.63, 3.8) is 0 Å². The minimum atomic E-state index is -3.66. The van der Waals surface area contributed by atoms with Gasteiger partial charge in [-0.25, -0.2) is 13.1 Å². The molecule has 0 atom stereocenters. The molecule has 2 N–H and O–H groups in total. The molecule has 1 saturated carbocycles. The molecule has 2 rings (SSSR count). The lowest BCUT2D eigenvalue weighted by molar-refractivity contribution is -0.137. The van der Waals surface area contributed by atoms with Gasteiger partial charge < -0.3 is 5.11 Å². The Morgan fingerprint density at radius 1 is 1.19 bits per heavy atom. The summed E-state index contributed by atoms with van der Waals surface area (Å²) in [6, 6.07) is 5.84. The van der Waals surface area contributed by atoms with Gasteiger partial charge in [-0.05, 0) is 31.4 Å². The van der Waals surface area contributed by atoms with Crippen LogP contribution in [0.1, 0.15) is 36.0 Å². The molecule has 1 aromatic rings. The quantitative estimate of drug-likeness (QED) is 0.558. The van der Waals surface area contributed by atoms with Gasteiger partial charge in [0, 0.05) is 24.4 Å². The molecule has 1 aliphatic carbocycles. The molecule has 6 nitrogen and oxygen atoms in total. The van der Waals surface area contributed by atoms with E-state index in [-0.39, 0.29) is 36.0 Å². The maximum Gasteiger partial charge on any atom is 0.303 e. The summed E-state index contributed by atoms with van der Waals surface area (Å²) in [7, 11) is -3.66. The Balaban J connectivity index is 1.96. The van der Waals surface area contributed by atoms with Gasteiger partial charge in [-0.3, -0.25) is 9.59 Å². The standard InChI is InChI=1S/C14H17NO5S/c16-13(17)2-1-9-15-21(19,20)12-7-5-11(6-8-12)14(18)10-3-4-10/h5-8,10,15H,1-4,9H2,(H,16,17). The van der Waals surface area contributed by atoms with E-state index >= 15 is 0 Å². The summed E-state index contributed by atoms with van der Waals surface area (Å²) < 4.78 is 26.3. The predicted octanol–water partition coefficient (Wildman–Crippen LogP) is 1.42. The van der Waals surface area contributed by atoms with Crippen LogP contribution in [0.4, 0.5) is 0 Å². The van der Waals surface area contributed by atoms with E-state index in [4.69, 9.17) is 5.11 Å². The number of aliphatic carboxylic acids is 1. The highest BCUT2D eigenvalue weighted by Crippen LogP contribution is 2.32. The summed E-state index contributed by atoms with van der Waals surface area (Å²) in [6.45, 7) is 0.0669. The van der Waals surface area contributed by atoms with Crippen LogP contribution in [-0.2, 0) is 14.8 Å². The summed E-state index contributed by atoms with van der Waals surface area (Å²) in [4.78, 5) is 22.2. The van der Waals surface area contributed by atoms with Gasteiger partial charge in [0.15, 0.2) is 5.78 Å². The molecule has 0 radical (unpaired) electrons. The first-order valence-electron chi connectivity index (χ1n) is 6.76. The van der Waals surface area contributed by atoms with Crippen molar-refractivity contribution in [2.75, 3.05) is 6.54 Å². The second-order valence-corrected chi connectivity index (χ2v) is 6.82. The molecule has 21 heavy (non-hydrogen) atoms. The van der Waals surface area contributed by atoms with Gasteiger partial charge in [-0.2, -0.15) is 0 Å². The van der Waals surface area contributed by atoms with Gasteiger partial charge in [-0.15, -0.1) is 0 Å². The highest BCUT2D eigenvalue weighted by atomic mass is 32.2. The topological polar surface area (TPSA) is 101 Å². The summed E-state index contributed by atoms with van der Waals surface area (Å²) in [6.07, 6.45) is 1.96. The predicted molar refractivity (Wildman–Crippen MR) is 75.6 cm³/mol. The molecule has 7 heteroatoms. The van der Waals surface area contributed by atoms with Crippen LogP contribution < -0.4 is 4.72 Å². The van der Waals surface area contributed by atoms with Crippen LogP contribution in [0.15, 0.2) is 29.2 Å². The van der Waals surface area contributed by atoms with Crippen LogP contribution in [-0.4, -0.2) is 31.8 Å². The molecule has 1 aromatic carbocycles. The number of ketones is 1. The largest absolute Gasteiger partial charge is 0.481 e. The number of rotatable bonds is 8. The van der Waals surface area contributed by atoms with Gasteiger partial charge in [-0.1, -0.05) is 12.1 Å². The lowest BCUT2D eigenvalue weighted by Gasteiger charge is -2.07. The van der Waals surface area contributed by atoms with E-state index in [1.165, 1.54) is 24.3 Å². The molecular formula is C14H17NO5S. The molecule has 0 unspecified atom stereocenters. The Hall–Kier alpha value is -1.73. The van der Waals surface area contributed by atoms with Gasteiger partial charge in [0.1, 0.15) is 0 Å². The molecule has 1 fully saturated rings. The van der Waals surface area contributed by atoms with Crippen LogP contribution >= 0.6 is 0 Å². The number of carbonyl (C=O) groups is 2. The van der Waals surface area contributed by atoms with E-state index in [2.05, 4.69) is 4.72 Å². The number of hydrogen-bond acceptors (Lipinski definition) is 4. The van der Waals surface area contributed by atoms with Gasteiger partial charge in [0.2, 0.25) is 10.0 Å². The molecule has 0 spiro atoms. The van der Waals surface area contributed by atoms with Gasteiger partial charge in [0.25, 0.3) is 0 Å². The van der Waals surface area contributed by atoms with Gasteiger partial charge in [0.05, 0.1) is 4.90 Å². The van der Waals surface area contributed by atoms with E-state index in [0.29, 0.717) is 5.56 Å². The minimum Gasteiger partial charge on any atom is -0.481 e. The normalized spacial score (nSPS) is 14.9. The smallest absolute Gasteiger partial charge is 0.303 e. The number of hydrogen-bond donors (Lipinski definition) is 2. The van der Waals surface area contributed by atoms with Crippen LogP contribution in [0.2, 0.25) is 0 Å². The summed E-state index contributed by atoms with van der Waals surface area (Å²) in [5.41, 5.74) is 0.530. The molecule has 0 amide bonds. The summed E-state index contributed by atoms with van der Waals surface area (Å²) in [5, 5.41) is 8.48. The van der Waals surface area contributed by atoms with Crippen molar-refractivity contribution in [1.82, 2.24) is 4.72 Å². The fraction of sp³-hybridized carbons (Fsp3) is 0.429. The van der Waals surface area contributed by atoms with Crippen LogP contribution in [0, 0.1) is 5.92 Å². The van der Waals surface area contributed by atoms with Crippen molar-refractivity contribution in [2.45, 2.75) is 30.6 Å². The van der Waals surface area contributed by atoms with Crippen LogP contribution in [0.3, 0.4) is 0 Å². The fourth-order valence-corrected chi connectivity index (χ4v) is 2.98. The zero-order chi connectivity index (χ0) is 15.5. The van der Waals surface area contributed by atoms with E-state index in [9.17, 15) is 18.0 Å². The minimum absolute atomic E-state index is 0.0633. The average Bonchev–Trinajstić information content (AvgIpc) is 3.27. The van der Waals surface area contributed by atoms with Gasteiger partial charge >= 0.3 is 5.97 Å². The summed E-state index contributed by atoms with van der Waals surface area (Å²) in [5.74, 6) is -0.799. The number of benzene rings is 1. The number of Topliss-reactive ketones (excluding diaryl/α,β-unsaturated/α-hetero) is 1. The van der Waals surface area contributed by atoms with E-state index in [1.54, 1.807) is 0 Å². The monoisotopic (exact) mass is 311 g/mol. The van der Waals surface area contributed by atoms with Crippen LogP contribution in [0.25, 0.3) is 0 Å². The Morgan fingerprint density at radius 3 is 2.33 bits per heavy atom. The lowest BCUT2D eigenvalue weighted by Crippen LogP contribution is -2.25. The Labute approximate surface area is 123 Å². The SMILES string of the molecule is O=C(O)CCCNS(=O)(=O)c1ccc(C(=O)C2CC2)cc1. The Kier molecular flexibility index (Phi) is 4.74. The molecule has 0 heterocycles. The first-order chi connectivity index (χ1) is 9.90. The van der Waals surface area contributed by atoms with E-state index in [1.807, 2.05) is 0 Å². The lowest BCUT2D eigenvalue weighted by atomic mass is 10.1. The highest BCUT2D eigenvalue weighted by molar-refractivity contribution is 7.89. The van der Waals surface area contributed by atoms with Crippen molar-refractivity contribution in [3.05, 3.63) is 29.8 Å². The number of nitrogens with one attached hydrogen (secondary N) is 1. The first kappa shape index (κ1) is 15.7. The van der Waals surface area contributed by atoms with Crippen molar-refractivity contribution in [2.24, 2.45) is 5.92 Å². The zero-order valence-electron chi connectivity index (χ0n) is 11.4. The van der Waals surface area contributed by atoms with Crippen LogP contribution in [0.5, 0.6) is 0 Å². The zero-order valence-corrected chi connectivity index (χ0v) is 12.2. The number of carbonyl (C=O) groups excluding carboxylic acids is 1. The molecule has 1 aliphatic rings. The summed E-state index contributed by atoms with van der Waals surface area (Å²) >= 11 is 0. The van der Waals surface area contributed by atoms with Crippen molar-refractivity contribution < 1.29 is 23.1 Å².